The Kier molecular flexibility index (Phi) is 3.44. The van der Waals surface area contributed by atoms with Gasteiger partial charge in [-0.3, -0.25) is 0 Å². The first-order valence-electron chi connectivity index (χ1n) is 6.39. The van der Waals surface area contributed by atoms with Crippen molar-refractivity contribution in [2.45, 2.75) is 25.2 Å². The summed E-state index contributed by atoms with van der Waals surface area (Å²) in [6.45, 7) is 0.671. The van der Waals surface area contributed by atoms with Crippen molar-refractivity contribution < 1.29 is 4.74 Å². The SMILES string of the molecule is COc1ccc(-c2nc3c(s2)CCCC3CN)nn1. The number of rotatable bonds is 3. The molecule has 0 bridgehead atoms. The summed E-state index contributed by atoms with van der Waals surface area (Å²) in [6.07, 6.45) is 3.44. The molecule has 2 aromatic heterocycles. The van der Waals surface area contributed by atoms with E-state index in [1.165, 1.54) is 17.0 Å². The third-order valence-electron chi connectivity index (χ3n) is 3.42. The van der Waals surface area contributed by atoms with E-state index in [1.54, 1.807) is 18.4 Å². The van der Waals surface area contributed by atoms with Crippen molar-refractivity contribution in [1.29, 1.82) is 0 Å². The summed E-state index contributed by atoms with van der Waals surface area (Å²) < 4.78 is 5.01. The zero-order chi connectivity index (χ0) is 13.2. The van der Waals surface area contributed by atoms with Crippen molar-refractivity contribution in [1.82, 2.24) is 15.2 Å². The molecule has 2 N–H and O–H groups in total. The summed E-state index contributed by atoms with van der Waals surface area (Å²) in [7, 11) is 1.58. The second-order valence-corrected chi connectivity index (χ2v) is 5.70. The summed E-state index contributed by atoms with van der Waals surface area (Å²) in [5.41, 5.74) is 7.80. The summed E-state index contributed by atoms with van der Waals surface area (Å²) in [5, 5.41) is 9.08. The lowest BCUT2D eigenvalue weighted by atomic mass is 9.91. The number of aromatic nitrogens is 3. The van der Waals surface area contributed by atoms with Crippen molar-refractivity contribution in [3.05, 3.63) is 22.7 Å². The van der Waals surface area contributed by atoms with Crippen LogP contribution in [0.4, 0.5) is 0 Å². The number of ether oxygens (including phenoxy) is 1. The van der Waals surface area contributed by atoms with E-state index < -0.39 is 0 Å². The van der Waals surface area contributed by atoms with Crippen LogP contribution in [-0.2, 0) is 6.42 Å². The van der Waals surface area contributed by atoms with Gasteiger partial charge in [-0.05, 0) is 25.3 Å². The molecule has 1 aliphatic carbocycles. The average molecular weight is 276 g/mol. The number of aryl methyl sites for hydroxylation is 1. The van der Waals surface area contributed by atoms with Crippen LogP contribution in [0.3, 0.4) is 0 Å². The molecule has 19 heavy (non-hydrogen) atoms. The minimum absolute atomic E-state index is 0.403. The van der Waals surface area contributed by atoms with E-state index in [9.17, 15) is 0 Å². The quantitative estimate of drug-likeness (QED) is 0.928. The molecule has 5 nitrogen and oxygen atoms in total. The Morgan fingerprint density at radius 2 is 2.32 bits per heavy atom. The third kappa shape index (κ3) is 2.33. The highest BCUT2D eigenvalue weighted by Crippen LogP contribution is 2.37. The first-order valence-corrected chi connectivity index (χ1v) is 7.21. The van der Waals surface area contributed by atoms with Crippen LogP contribution in [0.25, 0.3) is 10.7 Å². The van der Waals surface area contributed by atoms with Gasteiger partial charge in [0.15, 0.2) is 0 Å². The normalized spacial score (nSPS) is 18.1. The Morgan fingerprint density at radius 3 is 3.00 bits per heavy atom. The van der Waals surface area contributed by atoms with Gasteiger partial charge in [0.05, 0.1) is 12.8 Å². The molecule has 0 spiro atoms. The third-order valence-corrected chi connectivity index (χ3v) is 4.58. The first-order chi connectivity index (χ1) is 9.31. The van der Waals surface area contributed by atoms with Gasteiger partial charge in [0.2, 0.25) is 5.88 Å². The lowest BCUT2D eigenvalue weighted by molar-refractivity contribution is 0.392. The van der Waals surface area contributed by atoms with Crippen LogP contribution in [0.15, 0.2) is 12.1 Å². The van der Waals surface area contributed by atoms with Crippen molar-refractivity contribution in [2.24, 2.45) is 5.73 Å². The van der Waals surface area contributed by atoms with Gasteiger partial charge < -0.3 is 10.5 Å². The summed E-state index contributed by atoms with van der Waals surface area (Å²) >= 11 is 1.71. The van der Waals surface area contributed by atoms with Gasteiger partial charge in [-0.2, -0.15) is 0 Å². The molecule has 0 aromatic carbocycles. The van der Waals surface area contributed by atoms with Gasteiger partial charge >= 0.3 is 0 Å². The van der Waals surface area contributed by atoms with Crippen LogP contribution < -0.4 is 10.5 Å². The van der Waals surface area contributed by atoms with Crippen LogP contribution >= 0.6 is 11.3 Å². The standard InChI is InChI=1S/C13H16N4OS/c1-18-11-6-5-9(16-17-11)13-15-12-8(7-14)3-2-4-10(12)19-13/h5-6,8H,2-4,7,14H2,1H3. The molecule has 0 radical (unpaired) electrons. The molecule has 3 rings (SSSR count). The van der Waals surface area contributed by atoms with Gasteiger partial charge in [0, 0.05) is 23.4 Å². The molecule has 1 aliphatic rings. The van der Waals surface area contributed by atoms with E-state index >= 15 is 0 Å². The number of thiazole rings is 1. The highest BCUT2D eigenvalue weighted by Gasteiger charge is 2.24. The molecule has 0 amide bonds. The topological polar surface area (TPSA) is 73.9 Å². The minimum atomic E-state index is 0.403. The molecule has 0 aliphatic heterocycles. The van der Waals surface area contributed by atoms with Crippen LogP contribution in [0.2, 0.25) is 0 Å². The fourth-order valence-electron chi connectivity index (χ4n) is 2.39. The fraction of sp³-hybridized carbons (Fsp3) is 0.462. The second kappa shape index (κ2) is 5.22. The van der Waals surface area contributed by atoms with Crippen LogP contribution in [0.1, 0.15) is 29.3 Å². The summed E-state index contributed by atoms with van der Waals surface area (Å²) in [5.74, 6) is 0.921. The molecule has 1 unspecified atom stereocenters. The number of methoxy groups -OCH3 is 1. The van der Waals surface area contributed by atoms with Crippen molar-refractivity contribution in [3.63, 3.8) is 0 Å². The molecular weight excluding hydrogens is 260 g/mol. The molecule has 0 fully saturated rings. The summed E-state index contributed by atoms with van der Waals surface area (Å²) in [4.78, 5) is 6.08. The number of fused-ring (bicyclic) bond motifs is 1. The molecule has 0 saturated heterocycles. The lowest BCUT2D eigenvalue weighted by Crippen LogP contribution is -2.17. The highest BCUT2D eigenvalue weighted by molar-refractivity contribution is 7.15. The predicted molar refractivity (Wildman–Crippen MR) is 74.4 cm³/mol. The van der Waals surface area contributed by atoms with Gasteiger partial charge in [-0.25, -0.2) is 4.98 Å². The molecule has 2 heterocycles. The maximum Gasteiger partial charge on any atom is 0.233 e. The smallest absolute Gasteiger partial charge is 0.233 e. The van der Waals surface area contributed by atoms with Gasteiger partial charge in [0.1, 0.15) is 10.7 Å². The Hall–Kier alpha value is -1.53. The average Bonchev–Trinajstić information content (AvgIpc) is 2.91. The number of hydrogen-bond donors (Lipinski definition) is 1. The molecule has 1 atom stereocenters. The largest absolute Gasteiger partial charge is 0.480 e. The maximum absolute atomic E-state index is 5.82. The Bertz CT molecular complexity index is 567. The number of nitrogens with zero attached hydrogens (tertiary/aromatic N) is 3. The van der Waals surface area contributed by atoms with Crippen LogP contribution in [0, 0.1) is 0 Å². The van der Waals surface area contributed by atoms with Crippen molar-refractivity contribution in [3.8, 4) is 16.6 Å². The van der Waals surface area contributed by atoms with E-state index in [0.29, 0.717) is 18.3 Å². The molecule has 2 aromatic rings. The second-order valence-electron chi connectivity index (χ2n) is 4.61. The van der Waals surface area contributed by atoms with Crippen LogP contribution in [-0.4, -0.2) is 28.8 Å². The fourth-order valence-corrected chi connectivity index (χ4v) is 3.54. The predicted octanol–water partition coefficient (Wildman–Crippen LogP) is 1.99. The monoisotopic (exact) mass is 276 g/mol. The molecule has 6 heteroatoms. The Morgan fingerprint density at radius 1 is 1.42 bits per heavy atom. The minimum Gasteiger partial charge on any atom is -0.480 e. The van der Waals surface area contributed by atoms with Gasteiger partial charge in [0.25, 0.3) is 0 Å². The Balaban J connectivity index is 1.95. The number of nitrogens with two attached hydrogens (primary N) is 1. The lowest BCUT2D eigenvalue weighted by Gasteiger charge is -2.18. The number of hydrogen-bond acceptors (Lipinski definition) is 6. The molecule has 100 valence electrons. The van der Waals surface area contributed by atoms with E-state index in [2.05, 4.69) is 10.2 Å². The first kappa shape index (κ1) is 12.5. The van der Waals surface area contributed by atoms with Crippen molar-refractivity contribution in [2.75, 3.05) is 13.7 Å². The maximum atomic E-state index is 5.82. The van der Waals surface area contributed by atoms with E-state index in [0.717, 1.165) is 23.5 Å². The molecule has 0 saturated carbocycles. The van der Waals surface area contributed by atoms with Crippen LogP contribution in [0.5, 0.6) is 5.88 Å². The van der Waals surface area contributed by atoms with E-state index in [-0.39, 0.29) is 0 Å². The van der Waals surface area contributed by atoms with Gasteiger partial charge in [-0.15, -0.1) is 21.5 Å². The Labute approximate surface area is 115 Å². The zero-order valence-electron chi connectivity index (χ0n) is 10.8. The van der Waals surface area contributed by atoms with E-state index in [4.69, 9.17) is 15.5 Å². The zero-order valence-corrected chi connectivity index (χ0v) is 11.6. The van der Waals surface area contributed by atoms with Crippen molar-refractivity contribution >= 4 is 11.3 Å². The highest BCUT2D eigenvalue weighted by atomic mass is 32.1. The summed E-state index contributed by atoms with van der Waals surface area (Å²) in [6, 6.07) is 3.71. The van der Waals surface area contributed by atoms with Gasteiger partial charge in [-0.1, -0.05) is 0 Å². The molecular formula is C13H16N4OS. The van der Waals surface area contributed by atoms with E-state index in [1.807, 2.05) is 12.1 Å².